The molecule has 8 heteroatoms. The van der Waals surface area contributed by atoms with E-state index in [4.69, 9.17) is 0 Å². The van der Waals surface area contributed by atoms with Gasteiger partial charge in [-0.1, -0.05) is 6.07 Å². The van der Waals surface area contributed by atoms with Crippen LogP contribution in [0.1, 0.15) is 23.2 Å². The van der Waals surface area contributed by atoms with E-state index in [0.29, 0.717) is 19.6 Å². The average Bonchev–Trinajstić information content (AvgIpc) is 3.15. The van der Waals surface area contributed by atoms with Crippen molar-refractivity contribution in [2.24, 2.45) is 0 Å². The van der Waals surface area contributed by atoms with Crippen LogP contribution < -0.4 is 10.1 Å². The molecular weight excluding hydrogens is 321 g/mol. The monoisotopic (exact) mass is 336 g/mol. The van der Waals surface area contributed by atoms with E-state index >= 15 is 0 Å². The first kappa shape index (κ1) is 16.9. The molecule has 1 heterocycles. The lowest BCUT2D eigenvalue weighted by molar-refractivity contribution is -0.274. The number of ether oxygens (including phenoxy) is 1. The van der Waals surface area contributed by atoms with Gasteiger partial charge in [-0.25, -0.2) is 0 Å². The number of alkyl halides is 3. The summed E-state index contributed by atoms with van der Waals surface area (Å²) in [5.74, 6) is -0.625. The van der Waals surface area contributed by atoms with Gasteiger partial charge in [-0.15, -0.1) is 25.6 Å². The van der Waals surface area contributed by atoms with Gasteiger partial charge >= 0.3 is 6.36 Å². The molecule has 0 bridgehead atoms. The first-order chi connectivity index (χ1) is 9.87. The minimum atomic E-state index is -4.76. The van der Waals surface area contributed by atoms with Crippen molar-refractivity contribution >= 4 is 18.3 Å². The van der Waals surface area contributed by atoms with Gasteiger partial charge in [-0.2, -0.15) is 0 Å². The van der Waals surface area contributed by atoms with Crippen molar-refractivity contribution in [2.75, 3.05) is 19.6 Å². The molecule has 122 valence electrons. The number of nitrogens with one attached hydrogen (secondary N) is 1. The lowest BCUT2D eigenvalue weighted by Gasteiger charge is -2.34. The van der Waals surface area contributed by atoms with E-state index in [-0.39, 0.29) is 35.2 Å². The largest absolute Gasteiger partial charge is 0.573 e. The molecule has 1 aromatic rings. The van der Waals surface area contributed by atoms with Crippen LogP contribution in [0, 0.1) is 0 Å². The SMILES string of the molecule is Cl.O=C(c1cccc(OC(F)(F)F)c1)N1CCNC2(CC2)C1. The first-order valence-electron chi connectivity index (χ1n) is 6.77. The number of nitrogens with zero attached hydrogens (tertiary/aromatic N) is 1. The van der Waals surface area contributed by atoms with E-state index in [1.807, 2.05) is 0 Å². The van der Waals surface area contributed by atoms with Crippen LogP contribution in [-0.2, 0) is 0 Å². The van der Waals surface area contributed by atoms with Crippen molar-refractivity contribution in [3.8, 4) is 5.75 Å². The van der Waals surface area contributed by atoms with E-state index in [9.17, 15) is 18.0 Å². The van der Waals surface area contributed by atoms with Crippen molar-refractivity contribution in [3.63, 3.8) is 0 Å². The Bertz CT molecular complexity index is 561. The Labute approximate surface area is 132 Å². The van der Waals surface area contributed by atoms with E-state index in [1.54, 1.807) is 4.90 Å². The zero-order valence-corrected chi connectivity index (χ0v) is 12.5. The molecule has 0 aromatic heterocycles. The summed E-state index contributed by atoms with van der Waals surface area (Å²) in [4.78, 5) is 14.1. The fraction of sp³-hybridized carbons (Fsp3) is 0.500. The van der Waals surface area contributed by atoms with Crippen LogP contribution in [0.4, 0.5) is 13.2 Å². The Balaban J connectivity index is 0.00000176. The second-order valence-corrected chi connectivity index (χ2v) is 5.51. The van der Waals surface area contributed by atoms with Crippen LogP contribution >= 0.6 is 12.4 Å². The summed E-state index contributed by atoms with van der Waals surface area (Å²) in [6.07, 6.45) is -2.68. The van der Waals surface area contributed by atoms with E-state index in [1.165, 1.54) is 18.2 Å². The number of hydrogen-bond donors (Lipinski definition) is 1. The summed E-state index contributed by atoms with van der Waals surface area (Å²) in [5.41, 5.74) is 0.253. The third-order valence-electron chi connectivity index (χ3n) is 3.83. The summed E-state index contributed by atoms with van der Waals surface area (Å²) < 4.78 is 40.5. The number of hydrogen-bond acceptors (Lipinski definition) is 3. The fourth-order valence-corrected chi connectivity index (χ4v) is 2.62. The molecule has 1 aromatic carbocycles. The molecule has 1 N–H and O–H groups in total. The zero-order chi connectivity index (χ0) is 15.1. The third-order valence-corrected chi connectivity index (χ3v) is 3.83. The van der Waals surface area contributed by atoms with Gasteiger partial charge in [0.05, 0.1) is 0 Å². The molecule has 0 atom stereocenters. The lowest BCUT2D eigenvalue weighted by Crippen LogP contribution is -2.54. The molecule has 3 rings (SSSR count). The normalized spacial score (nSPS) is 19.5. The van der Waals surface area contributed by atoms with Crippen LogP contribution in [0.2, 0.25) is 0 Å². The molecule has 1 saturated heterocycles. The standard InChI is InChI=1S/C14H15F3N2O2.ClH/c15-14(16,17)21-11-3-1-2-10(8-11)12(20)19-7-6-18-13(9-19)4-5-13;/h1-3,8,18H,4-7,9H2;1H. The van der Waals surface area contributed by atoms with Crippen LogP contribution in [0.15, 0.2) is 24.3 Å². The quantitative estimate of drug-likeness (QED) is 0.902. The molecule has 1 aliphatic heterocycles. The van der Waals surface area contributed by atoms with Gasteiger partial charge in [-0.05, 0) is 31.0 Å². The van der Waals surface area contributed by atoms with Gasteiger partial charge in [0.15, 0.2) is 0 Å². The molecule has 0 radical (unpaired) electrons. The van der Waals surface area contributed by atoms with E-state index < -0.39 is 6.36 Å². The maximum atomic E-state index is 12.4. The maximum absolute atomic E-state index is 12.4. The molecule has 0 unspecified atom stereocenters. The molecule has 1 saturated carbocycles. The summed E-state index contributed by atoms with van der Waals surface area (Å²) in [6, 6.07) is 5.22. The van der Waals surface area contributed by atoms with Gasteiger partial charge in [0.2, 0.25) is 0 Å². The van der Waals surface area contributed by atoms with Crippen molar-refractivity contribution in [1.82, 2.24) is 10.2 Å². The minimum absolute atomic E-state index is 0. The second kappa shape index (κ2) is 5.96. The van der Waals surface area contributed by atoms with Crippen molar-refractivity contribution in [2.45, 2.75) is 24.7 Å². The summed E-state index contributed by atoms with van der Waals surface area (Å²) in [5, 5.41) is 3.38. The highest BCUT2D eigenvalue weighted by Gasteiger charge is 2.46. The molecule has 2 aliphatic rings. The predicted octanol–water partition coefficient (Wildman–Crippen LogP) is 2.59. The van der Waals surface area contributed by atoms with E-state index in [0.717, 1.165) is 18.9 Å². The number of carbonyl (C=O) groups is 1. The summed E-state index contributed by atoms with van der Waals surface area (Å²) >= 11 is 0. The summed E-state index contributed by atoms with van der Waals surface area (Å²) in [6.45, 7) is 1.88. The highest BCUT2D eigenvalue weighted by atomic mass is 35.5. The Morgan fingerprint density at radius 1 is 1.32 bits per heavy atom. The lowest BCUT2D eigenvalue weighted by atomic mass is 10.1. The van der Waals surface area contributed by atoms with Crippen LogP contribution in [0.25, 0.3) is 0 Å². The van der Waals surface area contributed by atoms with Crippen molar-refractivity contribution in [1.29, 1.82) is 0 Å². The second-order valence-electron chi connectivity index (χ2n) is 5.51. The number of carbonyl (C=O) groups excluding carboxylic acids is 1. The Morgan fingerprint density at radius 3 is 2.68 bits per heavy atom. The third kappa shape index (κ3) is 3.84. The first-order valence-corrected chi connectivity index (χ1v) is 6.77. The highest BCUT2D eigenvalue weighted by Crippen LogP contribution is 2.37. The highest BCUT2D eigenvalue weighted by molar-refractivity contribution is 5.94. The zero-order valence-electron chi connectivity index (χ0n) is 11.7. The number of rotatable bonds is 2. The Hall–Kier alpha value is -1.47. The van der Waals surface area contributed by atoms with Gasteiger partial charge in [0, 0.05) is 30.7 Å². The van der Waals surface area contributed by atoms with Gasteiger partial charge in [0.25, 0.3) is 5.91 Å². The number of amides is 1. The molecule has 2 fully saturated rings. The predicted molar refractivity (Wildman–Crippen MR) is 76.2 cm³/mol. The van der Waals surface area contributed by atoms with Crippen molar-refractivity contribution in [3.05, 3.63) is 29.8 Å². The molecule has 4 nitrogen and oxygen atoms in total. The smallest absolute Gasteiger partial charge is 0.406 e. The molecular formula is C14H16ClF3N2O2. The van der Waals surface area contributed by atoms with Gasteiger partial charge < -0.3 is 15.0 Å². The number of piperazine rings is 1. The number of halogens is 4. The van der Waals surface area contributed by atoms with Crippen LogP contribution in [-0.4, -0.2) is 42.3 Å². The van der Waals surface area contributed by atoms with E-state index in [2.05, 4.69) is 10.1 Å². The number of benzene rings is 1. The molecule has 1 amide bonds. The van der Waals surface area contributed by atoms with Crippen molar-refractivity contribution < 1.29 is 22.7 Å². The van der Waals surface area contributed by atoms with Crippen LogP contribution in [0.3, 0.4) is 0 Å². The molecule has 1 spiro atoms. The van der Waals surface area contributed by atoms with Crippen LogP contribution in [0.5, 0.6) is 5.75 Å². The summed E-state index contributed by atoms with van der Waals surface area (Å²) in [7, 11) is 0. The topological polar surface area (TPSA) is 41.6 Å². The fourth-order valence-electron chi connectivity index (χ4n) is 2.62. The van der Waals surface area contributed by atoms with Gasteiger partial charge in [0.1, 0.15) is 5.75 Å². The maximum Gasteiger partial charge on any atom is 0.573 e. The molecule has 22 heavy (non-hydrogen) atoms. The molecule has 1 aliphatic carbocycles. The Kier molecular flexibility index (Phi) is 4.58. The Morgan fingerprint density at radius 2 is 2.05 bits per heavy atom. The van der Waals surface area contributed by atoms with Gasteiger partial charge in [-0.3, -0.25) is 4.79 Å². The minimum Gasteiger partial charge on any atom is -0.406 e. The average molecular weight is 337 g/mol.